The first kappa shape index (κ1) is 14.7. The summed E-state index contributed by atoms with van der Waals surface area (Å²) < 4.78 is 0. The Hall–Kier alpha value is -2.68. The fourth-order valence-electron chi connectivity index (χ4n) is 1.67. The van der Waals surface area contributed by atoms with Gasteiger partial charge >= 0.3 is 5.97 Å². The minimum Gasteiger partial charge on any atom is -0.478 e. The summed E-state index contributed by atoms with van der Waals surface area (Å²) >= 11 is 4.70. The Kier molecular flexibility index (Phi) is 4.03. The van der Waals surface area contributed by atoms with E-state index in [2.05, 4.69) is 15.3 Å². The van der Waals surface area contributed by atoms with Crippen molar-refractivity contribution in [2.75, 3.05) is 0 Å². The van der Waals surface area contributed by atoms with Gasteiger partial charge in [0.15, 0.2) is 11.2 Å². The van der Waals surface area contributed by atoms with Crippen molar-refractivity contribution < 1.29 is 14.7 Å². The summed E-state index contributed by atoms with van der Waals surface area (Å²) in [6.07, 6.45) is 0. The quantitative estimate of drug-likeness (QED) is 0.644. The van der Waals surface area contributed by atoms with Gasteiger partial charge in [-0.3, -0.25) is 4.79 Å². The molecule has 108 valence electrons. The molecule has 0 saturated heterocycles. The maximum Gasteiger partial charge on any atom is 0.335 e. The smallest absolute Gasteiger partial charge is 0.335 e. The molecule has 1 aromatic carbocycles. The molecule has 3 N–H and O–H groups in total. The van der Waals surface area contributed by atoms with E-state index in [9.17, 15) is 9.59 Å². The van der Waals surface area contributed by atoms with Gasteiger partial charge in [-0.1, -0.05) is 6.07 Å². The van der Waals surface area contributed by atoms with Gasteiger partial charge in [0.2, 0.25) is 0 Å². The number of hydrogen-bond donors (Lipinski definition) is 2. The van der Waals surface area contributed by atoms with E-state index in [1.54, 1.807) is 13.0 Å². The number of azo groups is 1. The van der Waals surface area contributed by atoms with E-state index in [4.69, 9.17) is 23.1 Å². The molecule has 0 aliphatic carbocycles. The van der Waals surface area contributed by atoms with Crippen LogP contribution < -0.4 is 5.73 Å². The molecular formula is C12H11N5O3S. The van der Waals surface area contributed by atoms with Crippen LogP contribution in [0.1, 0.15) is 17.3 Å². The Morgan fingerprint density at radius 2 is 2.24 bits per heavy atom. The van der Waals surface area contributed by atoms with Crippen molar-refractivity contribution in [2.24, 2.45) is 21.1 Å². The lowest BCUT2D eigenvalue weighted by molar-refractivity contribution is -0.126. The Labute approximate surface area is 125 Å². The highest BCUT2D eigenvalue weighted by molar-refractivity contribution is 7.80. The van der Waals surface area contributed by atoms with E-state index in [-0.39, 0.29) is 10.7 Å². The van der Waals surface area contributed by atoms with E-state index in [0.717, 1.165) is 5.01 Å². The molecule has 8 nitrogen and oxygen atoms in total. The summed E-state index contributed by atoms with van der Waals surface area (Å²) in [5.74, 6) is -1.56. The van der Waals surface area contributed by atoms with Crippen LogP contribution >= 0.6 is 12.2 Å². The molecule has 0 fully saturated rings. The van der Waals surface area contributed by atoms with Crippen molar-refractivity contribution >= 4 is 40.6 Å². The minimum absolute atomic E-state index is 0.0827. The maximum atomic E-state index is 11.9. The number of nitrogens with two attached hydrogens (primary N) is 1. The van der Waals surface area contributed by atoms with Gasteiger partial charge in [-0.15, -0.1) is 0 Å². The molecule has 0 bridgehead atoms. The zero-order valence-corrected chi connectivity index (χ0v) is 11.7. The Morgan fingerprint density at radius 3 is 2.81 bits per heavy atom. The number of carbonyl (C=O) groups excluding carboxylic acids is 1. The number of rotatable bonds is 3. The summed E-state index contributed by atoms with van der Waals surface area (Å²) in [4.78, 5) is 22.8. The van der Waals surface area contributed by atoms with Crippen molar-refractivity contribution in [3.8, 4) is 0 Å². The van der Waals surface area contributed by atoms with Crippen LogP contribution in [0.3, 0.4) is 0 Å². The molecular weight excluding hydrogens is 294 g/mol. The van der Waals surface area contributed by atoms with E-state index in [0.29, 0.717) is 11.4 Å². The second-order valence-corrected chi connectivity index (χ2v) is 4.62. The average Bonchev–Trinajstić information content (AvgIpc) is 2.72. The molecule has 1 heterocycles. The van der Waals surface area contributed by atoms with E-state index >= 15 is 0 Å². The normalized spacial score (nSPS) is 18.1. The number of hydrogen-bond acceptors (Lipinski definition) is 6. The Morgan fingerprint density at radius 1 is 1.52 bits per heavy atom. The molecule has 21 heavy (non-hydrogen) atoms. The number of nitrogens with zero attached hydrogens (tertiary/aromatic N) is 4. The van der Waals surface area contributed by atoms with Gasteiger partial charge in [0, 0.05) is 0 Å². The molecule has 1 aliphatic heterocycles. The molecule has 0 saturated carbocycles. The van der Waals surface area contributed by atoms with Gasteiger partial charge in [-0.25, -0.2) is 4.79 Å². The number of amides is 1. The zero-order chi connectivity index (χ0) is 15.6. The van der Waals surface area contributed by atoms with Gasteiger partial charge in [0.05, 0.1) is 17.0 Å². The van der Waals surface area contributed by atoms with Gasteiger partial charge in [-0.05, 0) is 37.3 Å². The van der Waals surface area contributed by atoms with Crippen LogP contribution in [0, 0.1) is 0 Å². The Balaban J connectivity index is 2.20. The summed E-state index contributed by atoms with van der Waals surface area (Å²) in [7, 11) is 0. The number of carboxylic acid groups (broad SMARTS) is 1. The predicted molar refractivity (Wildman–Crippen MR) is 78.4 cm³/mol. The van der Waals surface area contributed by atoms with Crippen LogP contribution in [0.4, 0.5) is 5.69 Å². The van der Waals surface area contributed by atoms with E-state index < -0.39 is 17.9 Å². The number of aromatic carboxylic acids is 1. The molecule has 1 aliphatic rings. The fraction of sp³-hybridized carbons (Fsp3) is 0.167. The van der Waals surface area contributed by atoms with Gasteiger partial charge in [0.25, 0.3) is 5.91 Å². The lowest BCUT2D eigenvalue weighted by Gasteiger charge is -2.08. The molecule has 0 radical (unpaired) electrons. The minimum atomic E-state index is -1.07. The second kappa shape index (κ2) is 5.75. The van der Waals surface area contributed by atoms with Crippen LogP contribution in [0.2, 0.25) is 0 Å². The standard InChI is InChI=1S/C12H11N5O3S/c1-6-9(10(18)17(16-6)12(13)21)15-14-8-4-2-3-7(5-8)11(19)20/h2-5,9H,1H3,(H2,13,21)(H,19,20). The van der Waals surface area contributed by atoms with Gasteiger partial charge in [0.1, 0.15) is 0 Å². The number of hydrazone groups is 1. The van der Waals surface area contributed by atoms with Gasteiger partial charge in [-0.2, -0.15) is 20.3 Å². The third-order valence-electron chi connectivity index (χ3n) is 2.69. The first-order chi connectivity index (χ1) is 9.90. The number of carbonyl (C=O) groups is 2. The summed E-state index contributed by atoms with van der Waals surface area (Å²) in [6.45, 7) is 1.60. The monoisotopic (exact) mass is 305 g/mol. The molecule has 1 unspecified atom stereocenters. The summed E-state index contributed by atoms with van der Waals surface area (Å²) in [5, 5.41) is 21.3. The highest BCUT2D eigenvalue weighted by Gasteiger charge is 2.35. The van der Waals surface area contributed by atoms with Crippen LogP contribution in [-0.4, -0.2) is 38.9 Å². The average molecular weight is 305 g/mol. The van der Waals surface area contributed by atoms with Crippen LogP contribution in [-0.2, 0) is 4.79 Å². The second-order valence-electron chi connectivity index (χ2n) is 4.20. The zero-order valence-electron chi connectivity index (χ0n) is 10.9. The van der Waals surface area contributed by atoms with E-state index in [1.165, 1.54) is 18.2 Å². The number of carboxylic acids is 1. The third-order valence-corrected chi connectivity index (χ3v) is 2.86. The number of thiocarbonyl (C=S) groups is 1. The maximum absolute atomic E-state index is 11.9. The lowest BCUT2D eigenvalue weighted by Crippen LogP contribution is -2.37. The van der Waals surface area contributed by atoms with Crippen LogP contribution in [0.15, 0.2) is 39.6 Å². The van der Waals surface area contributed by atoms with Crippen molar-refractivity contribution in [2.45, 2.75) is 13.0 Å². The first-order valence-corrected chi connectivity index (χ1v) is 6.23. The highest BCUT2D eigenvalue weighted by Crippen LogP contribution is 2.18. The fourth-order valence-corrected chi connectivity index (χ4v) is 1.80. The van der Waals surface area contributed by atoms with Crippen molar-refractivity contribution in [3.05, 3.63) is 29.8 Å². The SMILES string of the molecule is CC1=NN(C(N)=S)C(=O)C1N=Nc1cccc(C(=O)O)c1. The molecule has 0 aromatic heterocycles. The molecule has 2 rings (SSSR count). The van der Waals surface area contributed by atoms with E-state index in [1.807, 2.05) is 0 Å². The highest BCUT2D eigenvalue weighted by atomic mass is 32.1. The largest absolute Gasteiger partial charge is 0.478 e. The number of benzene rings is 1. The predicted octanol–water partition coefficient (Wildman–Crippen LogP) is 1.30. The topological polar surface area (TPSA) is 121 Å². The summed E-state index contributed by atoms with van der Waals surface area (Å²) in [5.41, 5.74) is 6.18. The molecule has 1 atom stereocenters. The third kappa shape index (κ3) is 3.08. The van der Waals surface area contributed by atoms with Gasteiger partial charge < -0.3 is 10.8 Å². The molecule has 1 aromatic rings. The summed E-state index contributed by atoms with van der Waals surface area (Å²) in [6, 6.07) is 5.00. The van der Waals surface area contributed by atoms with Crippen molar-refractivity contribution in [3.63, 3.8) is 0 Å². The Bertz CT molecular complexity index is 685. The van der Waals surface area contributed by atoms with Crippen LogP contribution in [0.5, 0.6) is 0 Å². The molecule has 0 spiro atoms. The molecule has 9 heteroatoms. The van der Waals surface area contributed by atoms with Crippen molar-refractivity contribution in [1.82, 2.24) is 5.01 Å². The van der Waals surface area contributed by atoms with Crippen LogP contribution in [0.25, 0.3) is 0 Å². The lowest BCUT2D eigenvalue weighted by atomic mass is 10.2. The molecule has 1 amide bonds. The van der Waals surface area contributed by atoms with Crippen molar-refractivity contribution in [1.29, 1.82) is 0 Å². The first-order valence-electron chi connectivity index (χ1n) is 5.83.